The number of ether oxygens (including phenoxy) is 3. The van der Waals surface area contributed by atoms with Crippen LogP contribution < -0.4 is 19.2 Å². The summed E-state index contributed by atoms with van der Waals surface area (Å²) in [6, 6.07) is 19.9. The number of amides is 1. The van der Waals surface area contributed by atoms with E-state index in [2.05, 4.69) is 10.1 Å². The molecule has 0 bridgehead atoms. The second-order valence-electron chi connectivity index (χ2n) is 6.70. The quantitative estimate of drug-likeness (QED) is 0.294. The van der Waals surface area contributed by atoms with Crippen LogP contribution in [-0.4, -0.2) is 38.4 Å². The van der Waals surface area contributed by atoms with Gasteiger partial charge in [-0.25, -0.2) is 4.98 Å². The molecule has 4 rings (SSSR count). The molecule has 0 aliphatic carbocycles. The number of hydrogen-bond acceptors (Lipinski definition) is 7. The Morgan fingerprint density at radius 3 is 2.31 bits per heavy atom. The number of aromatic nitrogens is 1. The molecule has 0 saturated carbocycles. The highest BCUT2D eigenvalue weighted by Crippen LogP contribution is 2.32. The van der Waals surface area contributed by atoms with Crippen molar-refractivity contribution in [2.75, 3.05) is 26.3 Å². The minimum atomic E-state index is -0.320. The molecule has 0 fully saturated rings. The highest BCUT2D eigenvalue weighted by atomic mass is 32.1. The molecule has 0 N–H and O–H groups in total. The number of rotatable bonds is 7. The van der Waals surface area contributed by atoms with Crippen LogP contribution >= 0.6 is 11.3 Å². The predicted octanol–water partition coefficient (Wildman–Crippen LogP) is 5.00. The summed E-state index contributed by atoms with van der Waals surface area (Å²) in [5.41, 5.74) is 2.01. The van der Waals surface area contributed by atoms with E-state index in [1.807, 2.05) is 42.5 Å². The monoisotopic (exact) mass is 447 g/mol. The summed E-state index contributed by atoms with van der Waals surface area (Å²) in [5, 5.41) is 6.23. The van der Waals surface area contributed by atoms with E-state index in [1.165, 1.54) is 16.3 Å². The Balaban J connectivity index is 1.74. The standard InChI is InChI=1S/C24H21N3O4S/c1-29-18-9-7-16(8-10-18)15-25-27(23(28)17-5-4-6-19(13-17)30-2)24-26-21-12-11-20(31-3)14-22(21)32-24/h4-15H,1-3H3/b25-15+. The maximum Gasteiger partial charge on any atom is 0.280 e. The number of thiazole rings is 1. The van der Waals surface area contributed by atoms with Crippen molar-refractivity contribution in [3.05, 3.63) is 77.9 Å². The van der Waals surface area contributed by atoms with E-state index in [4.69, 9.17) is 14.2 Å². The van der Waals surface area contributed by atoms with Crippen LogP contribution in [0.25, 0.3) is 10.2 Å². The summed E-state index contributed by atoms with van der Waals surface area (Å²) >= 11 is 1.36. The lowest BCUT2D eigenvalue weighted by atomic mass is 10.2. The molecule has 8 heteroatoms. The zero-order chi connectivity index (χ0) is 22.5. The third-order valence-corrected chi connectivity index (χ3v) is 5.71. The number of hydrogen-bond donors (Lipinski definition) is 0. The lowest BCUT2D eigenvalue weighted by Gasteiger charge is -2.14. The van der Waals surface area contributed by atoms with Crippen molar-refractivity contribution in [3.63, 3.8) is 0 Å². The molecule has 0 radical (unpaired) electrons. The van der Waals surface area contributed by atoms with Crippen LogP contribution in [-0.2, 0) is 0 Å². The maximum absolute atomic E-state index is 13.4. The summed E-state index contributed by atoms with van der Waals surface area (Å²) < 4.78 is 16.7. The second-order valence-corrected chi connectivity index (χ2v) is 7.71. The van der Waals surface area contributed by atoms with E-state index in [-0.39, 0.29) is 5.91 Å². The van der Waals surface area contributed by atoms with Crippen molar-refractivity contribution in [2.24, 2.45) is 5.10 Å². The molecule has 1 heterocycles. The lowest BCUT2D eigenvalue weighted by Crippen LogP contribution is -2.25. The Kier molecular flexibility index (Phi) is 6.32. The van der Waals surface area contributed by atoms with Crippen molar-refractivity contribution in [1.29, 1.82) is 0 Å². The molecular formula is C24H21N3O4S. The molecule has 1 aromatic heterocycles. The molecule has 32 heavy (non-hydrogen) atoms. The summed E-state index contributed by atoms with van der Waals surface area (Å²) in [4.78, 5) is 18.0. The molecule has 0 aliphatic rings. The Morgan fingerprint density at radius 2 is 1.59 bits per heavy atom. The van der Waals surface area contributed by atoms with Crippen LogP contribution in [0.15, 0.2) is 71.8 Å². The normalized spacial score (nSPS) is 11.0. The number of benzene rings is 3. The fraction of sp³-hybridized carbons (Fsp3) is 0.125. The molecule has 162 valence electrons. The maximum atomic E-state index is 13.4. The number of carbonyl (C=O) groups excluding carboxylic acids is 1. The first-order chi connectivity index (χ1) is 15.6. The van der Waals surface area contributed by atoms with Crippen LogP contribution in [0.5, 0.6) is 17.2 Å². The zero-order valence-electron chi connectivity index (χ0n) is 17.8. The van der Waals surface area contributed by atoms with Gasteiger partial charge in [0.1, 0.15) is 17.2 Å². The molecule has 0 atom stereocenters. The highest BCUT2D eigenvalue weighted by molar-refractivity contribution is 7.22. The molecule has 0 aliphatic heterocycles. The molecule has 4 aromatic rings. The Labute approximate surface area is 189 Å². The van der Waals surface area contributed by atoms with Gasteiger partial charge in [-0.1, -0.05) is 17.4 Å². The fourth-order valence-electron chi connectivity index (χ4n) is 2.99. The predicted molar refractivity (Wildman–Crippen MR) is 127 cm³/mol. The van der Waals surface area contributed by atoms with Crippen molar-refractivity contribution in [2.45, 2.75) is 0 Å². The van der Waals surface area contributed by atoms with Crippen molar-refractivity contribution < 1.29 is 19.0 Å². The third kappa shape index (κ3) is 4.55. The zero-order valence-corrected chi connectivity index (χ0v) is 18.6. The second kappa shape index (κ2) is 9.49. The smallest absolute Gasteiger partial charge is 0.280 e. The van der Waals surface area contributed by atoms with Crippen LogP contribution in [0, 0.1) is 0 Å². The van der Waals surface area contributed by atoms with Gasteiger partial charge in [-0.2, -0.15) is 10.1 Å². The number of hydrazone groups is 1. The molecule has 0 saturated heterocycles. The first-order valence-corrected chi connectivity index (χ1v) is 10.5. The number of fused-ring (bicyclic) bond motifs is 1. The molecule has 0 spiro atoms. The van der Waals surface area contributed by atoms with Crippen LogP contribution in [0.1, 0.15) is 15.9 Å². The number of carbonyl (C=O) groups is 1. The number of nitrogens with zero attached hydrogens (tertiary/aromatic N) is 3. The number of methoxy groups -OCH3 is 3. The molecule has 7 nitrogen and oxygen atoms in total. The summed E-state index contributed by atoms with van der Waals surface area (Å²) in [7, 11) is 4.78. The summed E-state index contributed by atoms with van der Waals surface area (Å²) in [5.74, 6) is 1.73. The van der Waals surface area contributed by atoms with Gasteiger partial charge in [0.25, 0.3) is 5.91 Å². The van der Waals surface area contributed by atoms with Gasteiger partial charge < -0.3 is 14.2 Å². The van der Waals surface area contributed by atoms with Gasteiger partial charge >= 0.3 is 0 Å². The Morgan fingerprint density at radius 1 is 0.906 bits per heavy atom. The van der Waals surface area contributed by atoms with E-state index in [9.17, 15) is 4.79 Å². The van der Waals surface area contributed by atoms with E-state index in [0.29, 0.717) is 16.4 Å². The van der Waals surface area contributed by atoms with E-state index >= 15 is 0 Å². The molecule has 3 aromatic carbocycles. The summed E-state index contributed by atoms with van der Waals surface area (Å²) in [6.07, 6.45) is 1.62. The van der Waals surface area contributed by atoms with Gasteiger partial charge in [0.05, 0.1) is 37.8 Å². The Hall–Kier alpha value is -3.91. The minimum absolute atomic E-state index is 0.320. The van der Waals surface area contributed by atoms with Gasteiger partial charge in [-0.05, 0) is 66.2 Å². The van der Waals surface area contributed by atoms with Gasteiger partial charge in [-0.15, -0.1) is 0 Å². The first kappa shape index (κ1) is 21.3. The van der Waals surface area contributed by atoms with E-state index in [0.717, 1.165) is 27.3 Å². The van der Waals surface area contributed by atoms with E-state index in [1.54, 1.807) is 51.8 Å². The first-order valence-electron chi connectivity index (χ1n) is 9.72. The van der Waals surface area contributed by atoms with Crippen molar-refractivity contribution in [1.82, 2.24) is 4.98 Å². The largest absolute Gasteiger partial charge is 0.497 e. The number of anilines is 1. The van der Waals surface area contributed by atoms with E-state index < -0.39 is 0 Å². The average molecular weight is 448 g/mol. The van der Waals surface area contributed by atoms with Crippen molar-refractivity contribution >= 4 is 38.8 Å². The molecule has 1 amide bonds. The molecular weight excluding hydrogens is 426 g/mol. The van der Waals surface area contributed by atoms with Gasteiger partial charge in [0.15, 0.2) is 0 Å². The van der Waals surface area contributed by atoms with Crippen LogP contribution in [0.2, 0.25) is 0 Å². The highest BCUT2D eigenvalue weighted by Gasteiger charge is 2.21. The molecule has 0 unspecified atom stereocenters. The van der Waals surface area contributed by atoms with Gasteiger partial charge in [0.2, 0.25) is 5.13 Å². The summed E-state index contributed by atoms with van der Waals surface area (Å²) in [6.45, 7) is 0. The third-order valence-electron chi connectivity index (χ3n) is 4.71. The SMILES string of the molecule is COc1ccc(/C=N/N(C(=O)c2cccc(OC)c2)c2nc3ccc(OC)cc3s2)cc1. The van der Waals surface area contributed by atoms with Crippen LogP contribution in [0.3, 0.4) is 0 Å². The van der Waals surface area contributed by atoms with Gasteiger partial charge in [0, 0.05) is 5.56 Å². The minimum Gasteiger partial charge on any atom is -0.497 e. The fourth-order valence-corrected chi connectivity index (χ4v) is 3.94. The lowest BCUT2D eigenvalue weighted by molar-refractivity contribution is 0.0987. The average Bonchev–Trinajstić information content (AvgIpc) is 3.27. The van der Waals surface area contributed by atoms with Crippen LogP contribution in [0.4, 0.5) is 5.13 Å². The van der Waals surface area contributed by atoms with Crippen molar-refractivity contribution in [3.8, 4) is 17.2 Å². The van der Waals surface area contributed by atoms with Gasteiger partial charge in [-0.3, -0.25) is 4.79 Å². The Bertz CT molecular complexity index is 1270. The topological polar surface area (TPSA) is 73.2 Å².